The number of aliphatic imine (C=N–C) groups is 1. The monoisotopic (exact) mass is 1010 g/mol. The molecule has 1 saturated heterocycles. The fourth-order valence-corrected chi connectivity index (χ4v) is 7.68. The Labute approximate surface area is 412 Å². The molecule has 0 saturated carbocycles. The molecule has 1 aliphatic heterocycles. The largest absolute Gasteiger partial charge is 0.480 e. The van der Waals surface area contributed by atoms with Crippen molar-refractivity contribution in [3.8, 4) is 0 Å². The minimum absolute atomic E-state index is 0.0160. The summed E-state index contributed by atoms with van der Waals surface area (Å²) in [6.45, 7) is 10.1. The van der Waals surface area contributed by atoms with Crippen LogP contribution in [-0.2, 0) is 52.7 Å². The average molecular weight is 1010 g/mol. The molecule has 10 amide bonds. The number of hydrogen-bond acceptors (Lipinski definition) is 14. The normalized spacial score (nSPS) is 16.7. The number of carbonyl (C=O) groups is 11. The van der Waals surface area contributed by atoms with E-state index >= 15 is 0 Å². The molecule has 0 bridgehead atoms. The Kier molecular flexibility index (Phi) is 27.4. The van der Waals surface area contributed by atoms with Crippen LogP contribution < -0.4 is 65.9 Å². The zero-order valence-electron chi connectivity index (χ0n) is 41.2. The molecule has 0 aliphatic carbocycles. The molecule has 0 aromatic heterocycles. The number of amides is 10. The van der Waals surface area contributed by atoms with E-state index in [9.17, 15) is 57.8 Å². The topological polar surface area (TPSA) is 438 Å². The number of carboxylic acid groups (broad SMARTS) is 1. The van der Waals surface area contributed by atoms with Crippen molar-refractivity contribution in [2.24, 2.45) is 45.5 Å². The first-order valence-corrected chi connectivity index (χ1v) is 24.6. The van der Waals surface area contributed by atoms with Gasteiger partial charge in [0, 0.05) is 19.5 Å². The third-order valence-electron chi connectivity index (χ3n) is 10.9. The molecule has 396 valence electrons. The van der Waals surface area contributed by atoms with Gasteiger partial charge in [-0.15, -0.1) is 0 Å². The van der Waals surface area contributed by atoms with Crippen LogP contribution in [-0.4, -0.2) is 160 Å². The van der Waals surface area contributed by atoms with E-state index in [0.29, 0.717) is 12.2 Å². The van der Waals surface area contributed by atoms with Gasteiger partial charge in [-0.25, -0.2) is 4.79 Å². The molecule has 0 radical (unpaired) electrons. The van der Waals surface area contributed by atoms with Gasteiger partial charge in [0.1, 0.15) is 48.3 Å². The molecule has 9 atom stereocenters. The van der Waals surface area contributed by atoms with Crippen molar-refractivity contribution in [1.82, 2.24) is 42.1 Å². The Hall–Kier alpha value is -6.25. The zero-order chi connectivity index (χ0) is 53.4. The number of thioether (sulfide) groups is 1. The summed E-state index contributed by atoms with van der Waals surface area (Å²) in [7, 11) is 0. The minimum Gasteiger partial charge on any atom is -0.480 e. The van der Waals surface area contributed by atoms with Crippen LogP contribution >= 0.6 is 11.8 Å². The van der Waals surface area contributed by atoms with Crippen molar-refractivity contribution in [3.05, 3.63) is 0 Å². The molecule has 27 heteroatoms. The van der Waals surface area contributed by atoms with E-state index in [1.54, 1.807) is 34.0 Å². The summed E-state index contributed by atoms with van der Waals surface area (Å²) in [5.74, 6) is -9.21. The van der Waals surface area contributed by atoms with Gasteiger partial charge in [0.05, 0.1) is 12.5 Å². The van der Waals surface area contributed by atoms with E-state index in [2.05, 4.69) is 42.2 Å². The maximum Gasteiger partial charge on any atom is 0.326 e. The third kappa shape index (κ3) is 22.9. The van der Waals surface area contributed by atoms with Crippen LogP contribution in [0.5, 0.6) is 0 Å². The SMILES string of the molecule is CSCC[C@H](NC(=O)[C@H](C)NC(=O)[C@H](CCCN=C(N)N)NC(=O)[C@@H]1CCCN1C(=O)[C@@H](N)CC(N)=O)C(=O)N[C@@H](CCC(N)=O)C(=O)N[C@@H](C)C(=O)N[C@@H](CC(C)C)C(=O)N[C@@H](CC(C)C)C(=O)O. The van der Waals surface area contributed by atoms with E-state index in [1.807, 2.05) is 0 Å². The number of nitrogens with zero attached hydrogens (tertiary/aromatic N) is 2. The number of primary amides is 2. The molecular weight excluding hydrogens is 937 g/mol. The van der Waals surface area contributed by atoms with Gasteiger partial charge >= 0.3 is 5.97 Å². The van der Waals surface area contributed by atoms with Crippen molar-refractivity contribution in [2.45, 2.75) is 160 Å². The Balaban J connectivity index is 3.23. The molecule has 0 spiro atoms. The smallest absolute Gasteiger partial charge is 0.326 e. The van der Waals surface area contributed by atoms with Gasteiger partial charge < -0.3 is 75.9 Å². The Morgan fingerprint density at radius 2 is 1.10 bits per heavy atom. The second kappa shape index (κ2) is 31.1. The zero-order valence-corrected chi connectivity index (χ0v) is 42.0. The highest BCUT2D eigenvalue weighted by Gasteiger charge is 2.39. The van der Waals surface area contributed by atoms with Crippen molar-refractivity contribution in [1.29, 1.82) is 0 Å². The first-order chi connectivity index (χ1) is 32.7. The minimum atomic E-state index is -1.46. The summed E-state index contributed by atoms with van der Waals surface area (Å²) in [4.78, 5) is 148. The maximum atomic E-state index is 13.8. The summed E-state index contributed by atoms with van der Waals surface area (Å²) in [5, 5.41) is 27.4. The van der Waals surface area contributed by atoms with Crippen molar-refractivity contribution < 1.29 is 57.8 Å². The maximum absolute atomic E-state index is 13.8. The van der Waals surface area contributed by atoms with Crippen LogP contribution in [0.25, 0.3) is 0 Å². The van der Waals surface area contributed by atoms with Gasteiger partial charge in [0.25, 0.3) is 0 Å². The Morgan fingerprint density at radius 3 is 1.60 bits per heavy atom. The molecule has 1 fully saturated rings. The first kappa shape index (κ1) is 61.8. The van der Waals surface area contributed by atoms with Crippen LogP contribution in [0.4, 0.5) is 0 Å². The van der Waals surface area contributed by atoms with Crippen LogP contribution in [0.15, 0.2) is 4.99 Å². The summed E-state index contributed by atoms with van der Waals surface area (Å²) < 4.78 is 0. The van der Waals surface area contributed by atoms with Gasteiger partial charge in [-0.1, -0.05) is 27.7 Å². The van der Waals surface area contributed by atoms with Crippen molar-refractivity contribution in [3.63, 3.8) is 0 Å². The number of carbonyl (C=O) groups excluding carboxylic acids is 10. The summed E-state index contributed by atoms with van der Waals surface area (Å²) >= 11 is 1.34. The Morgan fingerprint density at radius 1 is 0.629 bits per heavy atom. The summed E-state index contributed by atoms with van der Waals surface area (Å²) in [6, 6.07) is -11.3. The molecular formula is C43H76N14O12S. The van der Waals surface area contributed by atoms with Gasteiger partial charge in [-0.3, -0.25) is 52.9 Å². The molecule has 0 aromatic rings. The summed E-state index contributed by atoms with van der Waals surface area (Å²) in [5.41, 5.74) is 27.3. The number of aliphatic carboxylic acids is 1. The quantitative estimate of drug-likeness (QED) is 0.0173. The highest BCUT2D eigenvalue weighted by molar-refractivity contribution is 7.98. The predicted octanol–water partition coefficient (Wildman–Crippen LogP) is -4.14. The molecule has 0 unspecified atom stereocenters. The highest BCUT2D eigenvalue weighted by Crippen LogP contribution is 2.20. The molecule has 26 nitrogen and oxygen atoms in total. The molecule has 0 aromatic carbocycles. The fourth-order valence-electron chi connectivity index (χ4n) is 7.21. The predicted molar refractivity (Wildman–Crippen MR) is 259 cm³/mol. The third-order valence-corrected chi connectivity index (χ3v) is 11.5. The number of rotatable bonds is 32. The Bertz CT molecular complexity index is 1880. The molecule has 1 rings (SSSR count). The lowest BCUT2D eigenvalue weighted by molar-refractivity contribution is -0.143. The number of likely N-dealkylation sites (tertiary alicyclic amines) is 1. The van der Waals surface area contributed by atoms with Crippen molar-refractivity contribution >= 4 is 82.8 Å². The van der Waals surface area contributed by atoms with Crippen LogP contribution in [0.2, 0.25) is 0 Å². The number of carboxylic acids is 1. The van der Waals surface area contributed by atoms with Crippen LogP contribution in [0.1, 0.15) is 106 Å². The number of guanidine groups is 1. The second-order valence-corrected chi connectivity index (χ2v) is 19.1. The van der Waals surface area contributed by atoms with E-state index in [-0.39, 0.29) is 82.3 Å². The first-order valence-electron chi connectivity index (χ1n) is 23.2. The van der Waals surface area contributed by atoms with Crippen molar-refractivity contribution in [2.75, 3.05) is 25.1 Å². The molecule has 18 N–H and O–H groups in total. The molecule has 1 heterocycles. The van der Waals surface area contributed by atoms with E-state index in [4.69, 9.17) is 28.7 Å². The fraction of sp³-hybridized carbons (Fsp3) is 0.721. The van der Waals surface area contributed by atoms with E-state index < -0.39 is 126 Å². The number of nitrogens with two attached hydrogens (primary N) is 5. The lowest BCUT2D eigenvalue weighted by Crippen LogP contribution is -2.60. The van der Waals surface area contributed by atoms with Crippen LogP contribution in [0.3, 0.4) is 0 Å². The number of nitrogens with one attached hydrogen (secondary N) is 7. The number of hydrogen-bond donors (Lipinski definition) is 13. The average Bonchev–Trinajstić information content (AvgIpc) is 3.76. The van der Waals surface area contributed by atoms with Gasteiger partial charge in [0.15, 0.2) is 5.96 Å². The molecule has 1 aliphatic rings. The van der Waals surface area contributed by atoms with E-state index in [0.717, 1.165) is 0 Å². The standard InChI is InChI=1S/C43H76N14O12S/c1-21(2)18-29(39(65)56-30(42(68)69)19-22(3)4)55-35(61)24(6)51-37(63)27(12-13-32(45)58)53-38(64)28(14-17-70-7)52-34(60)23(5)50-36(62)26(10-8-15-49-43(47)48)54-40(66)31-11-9-16-57(31)41(67)25(44)20-33(46)59/h21-31H,8-20,44H2,1-7H3,(H2,45,58)(H2,46,59)(H,50,62)(H,51,63)(H,52,60)(H,53,64)(H,54,66)(H,55,61)(H,56,65)(H,68,69)(H4,47,48,49)/t23-,24-,25-,26-,27-,28-,29-,30-,31-/m0/s1. The van der Waals surface area contributed by atoms with Crippen LogP contribution in [0, 0.1) is 11.8 Å². The van der Waals surface area contributed by atoms with Gasteiger partial charge in [-0.05, 0) is 89.1 Å². The second-order valence-electron chi connectivity index (χ2n) is 18.1. The van der Waals surface area contributed by atoms with Gasteiger partial charge in [-0.2, -0.15) is 11.8 Å². The van der Waals surface area contributed by atoms with E-state index in [1.165, 1.54) is 30.5 Å². The summed E-state index contributed by atoms with van der Waals surface area (Å²) in [6.07, 6.45) is 1.78. The lowest BCUT2D eigenvalue weighted by Gasteiger charge is -2.28. The van der Waals surface area contributed by atoms with Gasteiger partial charge in [0.2, 0.25) is 59.1 Å². The lowest BCUT2D eigenvalue weighted by atomic mass is 10.0. The highest BCUT2D eigenvalue weighted by atomic mass is 32.2. The molecule has 70 heavy (non-hydrogen) atoms.